The molecule has 10 nitrogen and oxygen atoms in total. The molecule has 0 bridgehead atoms. The van der Waals surface area contributed by atoms with Crippen LogP contribution >= 0.6 is 27.3 Å². The van der Waals surface area contributed by atoms with Crippen LogP contribution in [0.2, 0.25) is 0 Å². The Hall–Kier alpha value is -4.55. The Balaban J connectivity index is 1.31. The van der Waals surface area contributed by atoms with Crippen molar-refractivity contribution in [1.82, 2.24) is 24.1 Å². The van der Waals surface area contributed by atoms with Crippen LogP contribution in [0.15, 0.2) is 87.6 Å². The van der Waals surface area contributed by atoms with Crippen molar-refractivity contribution >= 4 is 66.5 Å². The maximum Gasteiger partial charge on any atom is 0.325 e. The topological polar surface area (TPSA) is 109 Å². The van der Waals surface area contributed by atoms with E-state index < -0.39 is 6.03 Å². The summed E-state index contributed by atoms with van der Waals surface area (Å²) in [5.41, 5.74) is 4.05. The highest BCUT2D eigenvalue weighted by Crippen LogP contribution is 2.35. The van der Waals surface area contributed by atoms with Crippen LogP contribution in [0.25, 0.3) is 28.1 Å². The second-order valence-electron chi connectivity index (χ2n) is 10.0. The van der Waals surface area contributed by atoms with Crippen LogP contribution in [0.1, 0.15) is 18.4 Å². The smallest absolute Gasteiger partial charge is 0.325 e. The highest BCUT2D eigenvalue weighted by molar-refractivity contribution is 9.10. The van der Waals surface area contributed by atoms with Crippen molar-refractivity contribution in [2.45, 2.75) is 19.4 Å². The third kappa shape index (κ3) is 4.92. The van der Waals surface area contributed by atoms with Gasteiger partial charge in [-0.2, -0.15) is 0 Å². The van der Waals surface area contributed by atoms with Gasteiger partial charge in [-0.05, 0) is 60.9 Å². The molecule has 0 radical (unpaired) electrons. The normalized spacial score (nSPS) is 13.2. The van der Waals surface area contributed by atoms with Gasteiger partial charge in [0.15, 0.2) is 11.0 Å². The molecule has 2 N–H and O–H groups in total. The summed E-state index contributed by atoms with van der Waals surface area (Å²) in [5.74, 6) is 1.12. The van der Waals surface area contributed by atoms with Gasteiger partial charge in [-0.15, -0.1) is 21.5 Å². The number of hydrogen-bond donors (Lipinski definition) is 2. The lowest BCUT2D eigenvalue weighted by Crippen LogP contribution is -2.24. The van der Waals surface area contributed by atoms with Crippen molar-refractivity contribution < 1.29 is 4.79 Å². The van der Waals surface area contributed by atoms with Crippen LogP contribution in [0.5, 0.6) is 0 Å². The number of carbonyl (C=O) groups is 1. The Bertz CT molecular complexity index is 2000. The van der Waals surface area contributed by atoms with Gasteiger partial charge < -0.3 is 10.2 Å². The van der Waals surface area contributed by atoms with Gasteiger partial charge in [0.1, 0.15) is 0 Å². The number of nitrogens with zero attached hydrogens (tertiary/aromatic N) is 6. The number of benzene rings is 3. The summed E-state index contributed by atoms with van der Waals surface area (Å²) >= 11 is 4.98. The van der Waals surface area contributed by atoms with Crippen molar-refractivity contribution in [3.63, 3.8) is 0 Å². The van der Waals surface area contributed by atoms with Crippen molar-refractivity contribution in [3.8, 4) is 11.4 Å². The summed E-state index contributed by atoms with van der Waals surface area (Å²) in [6.07, 6.45) is 3.93. The number of aromatic nitrogens is 5. The second-order valence-corrected chi connectivity index (χ2v) is 11.9. The predicted molar refractivity (Wildman–Crippen MR) is 170 cm³/mol. The molecule has 0 saturated carbocycles. The van der Waals surface area contributed by atoms with E-state index in [0.717, 1.165) is 52.7 Å². The van der Waals surface area contributed by atoms with Crippen molar-refractivity contribution in [2.24, 2.45) is 0 Å². The number of carbonyl (C=O) groups excluding carboxylic acids is 1. The SMILES string of the molecule is O=C(Nc1cccc(Cn2c(=O)c3ccccc3n3c(-c4cc(Br)ccc4N4CCCC4)nnc23)c1)Nc1nccs1. The molecule has 3 aromatic carbocycles. The average Bonchev–Trinajstić information content (AvgIpc) is 3.78. The van der Waals surface area contributed by atoms with E-state index in [1.165, 1.54) is 11.3 Å². The maximum atomic E-state index is 13.8. The second kappa shape index (κ2) is 11.0. The van der Waals surface area contributed by atoms with E-state index in [2.05, 4.69) is 58.8 Å². The summed E-state index contributed by atoms with van der Waals surface area (Å²) in [5, 5.41) is 17.6. The molecule has 7 rings (SSSR count). The van der Waals surface area contributed by atoms with E-state index in [4.69, 9.17) is 0 Å². The molecule has 2 amide bonds. The monoisotopic (exact) mass is 640 g/mol. The first-order chi connectivity index (χ1) is 20.5. The first-order valence-electron chi connectivity index (χ1n) is 13.5. The molecule has 4 heterocycles. The number of thiazole rings is 1. The van der Waals surface area contributed by atoms with E-state index in [0.29, 0.717) is 27.8 Å². The number of para-hydroxylation sites is 1. The molecular formula is C30H25BrN8O2S. The summed E-state index contributed by atoms with van der Waals surface area (Å²) < 4.78 is 4.56. The summed E-state index contributed by atoms with van der Waals surface area (Å²) in [6, 6.07) is 20.8. The fourth-order valence-electron chi connectivity index (χ4n) is 5.47. The molecule has 42 heavy (non-hydrogen) atoms. The van der Waals surface area contributed by atoms with Crippen LogP contribution in [-0.2, 0) is 6.54 Å². The van der Waals surface area contributed by atoms with E-state index in [-0.39, 0.29) is 12.1 Å². The molecule has 3 aromatic heterocycles. The van der Waals surface area contributed by atoms with Crippen LogP contribution in [0.4, 0.5) is 21.3 Å². The molecule has 0 spiro atoms. The van der Waals surface area contributed by atoms with Crippen LogP contribution in [0, 0.1) is 0 Å². The molecule has 12 heteroatoms. The van der Waals surface area contributed by atoms with Gasteiger partial charge in [0, 0.05) is 46.1 Å². The number of amides is 2. The Morgan fingerprint density at radius 1 is 0.976 bits per heavy atom. The number of urea groups is 1. The zero-order valence-corrected chi connectivity index (χ0v) is 24.7. The van der Waals surface area contributed by atoms with Gasteiger partial charge in [0.25, 0.3) is 5.56 Å². The molecule has 0 atom stereocenters. The molecule has 0 unspecified atom stereocenters. The van der Waals surface area contributed by atoms with Crippen molar-refractivity contribution in [3.05, 3.63) is 98.7 Å². The number of halogens is 1. The summed E-state index contributed by atoms with van der Waals surface area (Å²) in [6.45, 7) is 2.22. The Morgan fingerprint density at radius 2 is 1.83 bits per heavy atom. The van der Waals surface area contributed by atoms with Gasteiger partial charge in [-0.1, -0.05) is 40.2 Å². The van der Waals surface area contributed by atoms with Crippen LogP contribution in [-0.4, -0.2) is 43.3 Å². The number of fused-ring (bicyclic) bond motifs is 3. The predicted octanol–water partition coefficient (Wildman–Crippen LogP) is 6.22. The molecular weight excluding hydrogens is 616 g/mol. The lowest BCUT2D eigenvalue weighted by atomic mass is 10.1. The van der Waals surface area contributed by atoms with E-state index >= 15 is 0 Å². The standard InChI is InChI=1S/C30H25BrN8O2S/c31-20-10-11-24(37-13-3-4-14-37)23(17-20)26-35-36-30-38(27(40)22-8-1-2-9-25(22)39(26)30)18-19-6-5-7-21(16-19)33-28(41)34-29-32-12-15-42-29/h1-2,5-12,15-17H,3-4,13-14,18H2,(H2,32,33,34,41). The average molecular weight is 642 g/mol. The number of anilines is 3. The molecule has 1 fully saturated rings. The van der Waals surface area contributed by atoms with Gasteiger partial charge in [-0.3, -0.25) is 19.1 Å². The van der Waals surface area contributed by atoms with Crippen molar-refractivity contribution in [1.29, 1.82) is 0 Å². The Kier molecular flexibility index (Phi) is 6.92. The molecule has 210 valence electrons. The number of rotatable bonds is 6. The fourth-order valence-corrected chi connectivity index (χ4v) is 6.36. The molecule has 0 aliphatic carbocycles. The summed E-state index contributed by atoms with van der Waals surface area (Å²) in [7, 11) is 0. The molecule has 6 aromatic rings. The molecule has 1 aliphatic heterocycles. The first-order valence-corrected chi connectivity index (χ1v) is 15.2. The Morgan fingerprint density at radius 3 is 2.67 bits per heavy atom. The van der Waals surface area contributed by atoms with E-state index in [9.17, 15) is 9.59 Å². The minimum Gasteiger partial charge on any atom is -0.371 e. The van der Waals surface area contributed by atoms with Gasteiger partial charge in [0.05, 0.1) is 17.4 Å². The van der Waals surface area contributed by atoms with Gasteiger partial charge >= 0.3 is 6.03 Å². The van der Waals surface area contributed by atoms with Crippen molar-refractivity contribution in [2.75, 3.05) is 28.6 Å². The highest BCUT2D eigenvalue weighted by Gasteiger charge is 2.23. The molecule has 1 aliphatic rings. The minimum atomic E-state index is -0.391. The minimum absolute atomic E-state index is 0.161. The first kappa shape index (κ1) is 26.4. The fraction of sp³-hybridized carbons (Fsp3) is 0.167. The highest BCUT2D eigenvalue weighted by atomic mass is 79.9. The molecule has 1 saturated heterocycles. The zero-order chi connectivity index (χ0) is 28.6. The maximum absolute atomic E-state index is 13.8. The Labute approximate surface area is 252 Å². The largest absolute Gasteiger partial charge is 0.371 e. The van der Waals surface area contributed by atoms with Crippen LogP contribution in [0.3, 0.4) is 0 Å². The third-order valence-electron chi connectivity index (χ3n) is 7.33. The van der Waals surface area contributed by atoms with E-state index in [1.54, 1.807) is 22.2 Å². The van der Waals surface area contributed by atoms with Gasteiger partial charge in [-0.25, -0.2) is 9.78 Å². The quantitative estimate of drug-likeness (QED) is 0.224. The zero-order valence-electron chi connectivity index (χ0n) is 22.3. The lowest BCUT2D eigenvalue weighted by molar-refractivity contribution is 0.262. The van der Waals surface area contributed by atoms with Gasteiger partial charge in [0.2, 0.25) is 5.78 Å². The van der Waals surface area contributed by atoms with E-state index in [1.807, 2.05) is 52.9 Å². The van der Waals surface area contributed by atoms with Crippen LogP contribution < -0.4 is 21.1 Å². The summed E-state index contributed by atoms with van der Waals surface area (Å²) in [4.78, 5) is 32.8. The number of nitrogens with one attached hydrogen (secondary N) is 2. The lowest BCUT2D eigenvalue weighted by Gasteiger charge is -2.21. The number of hydrogen-bond acceptors (Lipinski definition) is 7. The third-order valence-corrected chi connectivity index (χ3v) is 8.51.